The molecule has 1 unspecified atom stereocenters. The Bertz CT molecular complexity index is 1020. The van der Waals surface area contributed by atoms with Crippen LogP contribution in [0.3, 0.4) is 0 Å². The van der Waals surface area contributed by atoms with Gasteiger partial charge in [0.15, 0.2) is 0 Å². The van der Waals surface area contributed by atoms with Gasteiger partial charge in [-0.1, -0.05) is 62.4 Å². The molecule has 1 aliphatic heterocycles. The minimum Gasteiger partial charge on any atom is -0.481 e. The lowest BCUT2D eigenvalue weighted by Gasteiger charge is -2.34. The first-order valence-electron chi connectivity index (χ1n) is 12.0. The van der Waals surface area contributed by atoms with Crippen LogP contribution >= 0.6 is 0 Å². The van der Waals surface area contributed by atoms with Gasteiger partial charge in [0.1, 0.15) is 12.6 Å². The van der Waals surface area contributed by atoms with Crippen LogP contribution in [-0.2, 0) is 14.3 Å². The second-order valence-electron chi connectivity index (χ2n) is 9.61. The van der Waals surface area contributed by atoms with Crippen LogP contribution in [0.25, 0.3) is 11.1 Å². The summed E-state index contributed by atoms with van der Waals surface area (Å²) < 4.78 is 5.63. The van der Waals surface area contributed by atoms with Crippen LogP contribution in [0.2, 0.25) is 0 Å². The van der Waals surface area contributed by atoms with Gasteiger partial charge >= 0.3 is 12.1 Å². The van der Waals surface area contributed by atoms with Crippen molar-refractivity contribution in [2.75, 3.05) is 19.7 Å². The third-order valence-corrected chi connectivity index (χ3v) is 6.72. The number of ether oxygens (including phenoxy) is 1. The standard InChI is InChI=1S/C27H32N2O5/c1-17(2)14-24(25(30)29-13-7-8-18(15-29)26(31)32)28-27(33)34-16-23-21-11-5-3-9-19(21)20-10-4-6-12-22(20)23/h3-6,9-12,17-18,23-24H,7-8,13-16H2,1-2H3,(H,28,33)(H,31,32)/t18-,24?/m0/s1. The highest BCUT2D eigenvalue weighted by molar-refractivity contribution is 5.86. The molecule has 2 amide bonds. The van der Waals surface area contributed by atoms with Crippen molar-refractivity contribution < 1.29 is 24.2 Å². The lowest BCUT2D eigenvalue weighted by Crippen LogP contribution is -2.52. The van der Waals surface area contributed by atoms with E-state index >= 15 is 0 Å². The number of carbonyl (C=O) groups is 3. The number of piperidine rings is 1. The van der Waals surface area contributed by atoms with Crippen LogP contribution in [-0.4, -0.2) is 53.7 Å². The van der Waals surface area contributed by atoms with Gasteiger partial charge in [0, 0.05) is 19.0 Å². The van der Waals surface area contributed by atoms with E-state index in [-0.39, 0.29) is 30.9 Å². The highest BCUT2D eigenvalue weighted by Crippen LogP contribution is 2.44. The molecule has 0 saturated carbocycles. The molecule has 2 aliphatic rings. The Labute approximate surface area is 200 Å². The summed E-state index contributed by atoms with van der Waals surface area (Å²) in [6.45, 7) is 4.82. The van der Waals surface area contributed by atoms with Crippen molar-refractivity contribution in [3.63, 3.8) is 0 Å². The maximum absolute atomic E-state index is 13.2. The summed E-state index contributed by atoms with van der Waals surface area (Å²) in [6, 6.07) is 15.5. The number of rotatable bonds is 7. The molecule has 2 atom stereocenters. The molecule has 2 N–H and O–H groups in total. The molecule has 4 rings (SSSR count). The quantitative estimate of drug-likeness (QED) is 0.638. The summed E-state index contributed by atoms with van der Waals surface area (Å²) in [7, 11) is 0. The third kappa shape index (κ3) is 5.08. The second-order valence-corrected chi connectivity index (χ2v) is 9.61. The molecule has 7 heteroatoms. The first-order valence-corrected chi connectivity index (χ1v) is 12.0. The number of hydrogen-bond acceptors (Lipinski definition) is 4. The third-order valence-electron chi connectivity index (χ3n) is 6.72. The van der Waals surface area contributed by atoms with Crippen LogP contribution < -0.4 is 5.32 Å². The number of carbonyl (C=O) groups excluding carboxylic acids is 2. The van der Waals surface area contributed by atoms with Gasteiger partial charge in [-0.2, -0.15) is 0 Å². The van der Waals surface area contributed by atoms with E-state index in [4.69, 9.17) is 4.74 Å². The van der Waals surface area contributed by atoms with Crippen molar-refractivity contribution in [3.8, 4) is 11.1 Å². The number of nitrogens with zero attached hydrogens (tertiary/aromatic N) is 1. The van der Waals surface area contributed by atoms with Crippen molar-refractivity contribution in [1.82, 2.24) is 10.2 Å². The molecule has 180 valence electrons. The van der Waals surface area contributed by atoms with E-state index in [1.807, 2.05) is 38.1 Å². The number of benzene rings is 2. The van der Waals surface area contributed by atoms with E-state index in [2.05, 4.69) is 29.6 Å². The molecule has 1 aliphatic carbocycles. The lowest BCUT2D eigenvalue weighted by molar-refractivity contribution is -0.146. The Morgan fingerprint density at radius 1 is 1.06 bits per heavy atom. The largest absolute Gasteiger partial charge is 0.481 e. The monoisotopic (exact) mass is 464 g/mol. The maximum atomic E-state index is 13.2. The fraction of sp³-hybridized carbons (Fsp3) is 0.444. The van der Waals surface area contributed by atoms with E-state index in [0.29, 0.717) is 25.8 Å². The number of carboxylic acids is 1. The van der Waals surface area contributed by atoms with E-state index < -0.39 is 24.0 Å². The van der Waals surface area contributed by atoms with Crippen molar-refractivity contribution in [2.24, 2.45) is 11.8 Å². The Kier molecular flexibility index (Phi) is 7.20. The minimum atomic E-state index is -0.887. The highest BCUT2D eigenvalue weighted by Gasteiger charge is 2.34. The molecular formula is C27H32N2O5. The lowest BCUT2D eigenvalue weighted by atomic mass is 9.96. The smallest absolute Gasteiger partial charge is 0.407 e. The number of carboxylic acid groups (broad SMARTS) is 1. The first kappa shape index (κ1) is 23.8. The molecule has 7 nitrogen and oxygen atoms in total. The van der Waals surface area contributed by atoms with Gasteiger partial charge in [0.05, 0.1) is 5.92 Å². The fourth-order valence-electron chi connectivity index (χ4n) is 5.07. The molecule has 34 heavy (non-hydrogen) atoms. The first-order chi connectivity index (χ1) is 16.3. The zero-order valence-corrected chi connectivity index (χ0v) is 19.7. The Balaban J connectivity index is 1.42. The van der Waals surface area contributed by atoms with Gasteiger partial charge in [0.2, 0.25) is 5.91 Å². The molecule has 0 bridgehead atoms. The number of nitrogens with one attached hydrogen (secondary N) is 1. The van der Waals surface area contributed by atoms with Gasteiger partial charge in [-0.05, 0) is 47.4 Å². The number of hydrogen-bond donors (Lipinski definition) is 2. The van der Waals surface area contributed by atoms with Gasteiger partial charge in [0.25, 0.3) is 0 Å². The number of alkyl carbamates (subject to hydrolysis) is 1. The van der Waals surface area contributed by atoms with Crippen LogP contribution in [0.5, 0.6) is 0 Å². The van der Waals surface area contributed by atoms with Crippen LogP contribution in [0.4, 0.5) is 4.79 Å². The van der Waals surface area contributed by atoms with E-state index in [9.17, 15) is 19.5 Å². The summed E-state index contributed by atoms with van der Waals surface area (Å²) in [4.78, 5) is 38.9. The molecule has 0 spiro atoms. The van der Waals surface area contributed by atoms with E-state index in [1.54, 1.807) is 4.90 Å². The minimum absolute atomic E-state index is 0.0594. The molecular weight excluding hydrogens is 432 g/mol. The summed E-state index contributed by atoms with van der Waals surface area (Å²) in [5.74, 6) is -1.58. The number of likely N-dealkylation sites (tertiary alicyclic amines) is 1. The molecule has 2 aromatic carbocycles. The Morgan fingerprint density at radius 3 is 2.26 bits per heavy atom. The summed E-state index contributed by atoms with van der Waals surface area (Å²) >= 11 is 0. The number of fused-ring (bicyclic) bond motifs is 3. The van der Waals surface area contributed by atoms with Crippen LogP contribution in [0.15, 0.2) is 48.5 Å². The zero-order chi connectivity index (χ0) is 24.2. The summed E-state index contributed by atoms with van der Waals surface area (Å²) in [6.07, 6.45) is 1.03. The predicted molar refractivity (Wildman–Crippen MR) is 128 cm³/mol. The van der Waals surface area contributed by atoms with Crippen LogP contribution in [0.1, 0.15) is 50.2 Å². The zero-order valence-electron chi connectivity index (χ0n) is 19.7. The average Bonchev–Trinajstić information content (AvgIpc) is 3.15. The predicted octanol–water partition coefficient (Wildman–Crippen LogP) is 4.26. The Hall–Kier alpha value is -3.35. The SMILES string of the molecule is CC(C)CC(NC(=O)OCC1c2ccccc2-c2ccccc21)C(=O)N1CCC[C@H](C(=O)O)C1. The molecule has 1 fully saturated rings. The van der Waals surface area contributed by atoms with Crippen molar-refractivity contribution >= 4 is 18.0 Å². The van der Waals surface area contributed by atoms with Gasteiger partial charge in [-0.15, -0.1) is 0 Å². The molecule has 0 aromatic heterocycles. The van der Waals surface area contributed by atoms with Crippen LogP contribution in [0, 0.1) is 11.8 Å². The molecule has 0 radical (unpaired) electrons. The molecule has 2 aromatic rings. The second kappa shape index (κ2) is 10.3. The summed E-state index contributed by atoms with van der Waals surface area (Å²) in [5, 5.41) is 12.1. The fourth-order valence-corrected chi connectivity index (χ4v) is 5.07. The molecule has 1 heterocycles. The molecule has 1 saturated heterocycles. The number of amides is 2. The number of aliphatic carboxylic acids is 1. The van der Waals surface area contributed by atoms with Crippen molar-refractivity contribution in [3.05, 3.63) is 59.7 Å². The van der Waals surface area contributed by atoms with Gasteiger partial charge < -0.3 is 20.1 Å². The van der Waals surface area contributed by atoms with Gasteiger partial charge in [-0.25, -0.2) is 4.79 Å². The van der Waals surface area contributed by atoms with E-state index in [1.165, 1.54) is 0 Å². The van der Waals surface area contributed by atoms with E-state index in [0.717, 1.165) is 22.3 Å². The maximum Gasteiger partial charge on any atom is 0.407 e. The topological polar surface area (TPSA) is 95.9 Å². The van der Waals surface area contributed by atoms with Crippen molar-refractivity contribution in [2.45, 2.75) is 45.1 Å². The highest BCUT2D eigenvalue weighted by atomic mass is 16.5. The van der Waals surface area contributed by atoms with Gasteiger partial charge in [-0.3, -0.25) is 9.59 Å². The Morgan fingerprint density at radius 2 is 1.68 bits per heavy atom. The normalized spacial score (nSPS) is 18.2. The van der Waals surface area contributed by atoms with Crippen molar-refractivity contribution in [1.29, 1.82) is 0 Å². The average molecular weight is 465 g/mol. The summed E-state index contributed by atoms with van der Waals surface area (Å²) in [5.41, 5.74) is 4.55.